The molecule has 2 unspecified atom stereocenters. The molecule has 2 aromatic carbocycles. The van der Waals surface area contributed by atoms with E-state index in [1.165, 1.54) is 36.9 Å². The van der Waals surface area contributed by atoms with Crippen molar-refractivity contribution >= 4 is 53.4 Å². The van der Waals surface area contributed by atoms with Crippen LogP contribution in [0.15, 0.2) is 83.4 Å². The van der Waals surface area contributed by atoms with Crippen LogP contribution in [0.5, 0.6) is 23.3 Å². The Morgan fingerprint density at radius 3 is 1.52 bits per heavy atom. The van der Waals surface area contributed by atoms with E-state index in [0.717, 1.165) is 45.0 Å². The van der Waals surface area contributed by atoms with E-state index in [4.69, 9.17) is 9.47 Å². The topological polar surface area (TPSA) is 215 Å². The van der Waals surface area contributed by atoms with E-state index in [1.807, 2.05) is 21.2 Å². The van der Waals surface area contributed by atoms with Crippen molar-refractivity contribution in [1.29, 1.82) is 0 Å². The number of carbonyl (C=O) groups is 2. The Labute approximate surface area is 371 Å². The quantitative estimate of drug-likeness (QED) is 0.111. The van der Waals surface area contributed by atoms with E-state index in [-0.39, 0.29) is 45.4 Å². The van der Waals surface area contributed by atoms with Crippen molar-refractivity contribution in [1.82, 2.24) is 49.3 Å². The standard InChI is InChI=1S/C44H52N10O8S2/c1-29(23-40(56)52-19-15-32(16-20-52)54-42-39(25-50-54)44(48-28-46-42)62-35-7-11-37(12-8-35)64(4,59)60)21-33(55)22-30(2)26-51-17-13-31(14-18-51)53-41-38(24-49-53)43(47-27-45-41)61-34-5-9-36(10-6-34)63(3,57)58/h5-12,24-25,27-32H,13-23,26H2,1-4H3. The van der Waals surface area contributed by atoms with Gasteiger partial charge in [0.25, 0.3) is 0 Å². The van der Waals surface area contributed by atoms with E-state index in [9.17, 15) is 26.4 Å². The molecule has 2 atom stereocenters. The largest absolute Gasteiger partial charge is 0.438 e. The zero-order valence-electron chi connectivity index (χ0n) is 36.3. The van der Waals surface area contributed by atoms with Crippen LogP contribution in [0.1, 0.15) is 70.9 Å². The number of hydrogen-bond donors (Lipinski definition) is 0. The summed E-state index contributed by atoms with van der Waals surface area (Å²) >= 11 is 0. The molecule has 6 heterocycles. The number of ketones is 1. The van der Waals surface area contributed by atoms with Crippen LogP contribution in [0.3, 0.4) is 0 Å². The SMILES string of the molecule is CC(CC(=O)CC(C)CN1CCC(n2ncc3c(Oc4ccc(S(C)(=O)=O)cc4)ncnc32)CC1)CC(=O)N1CCC(n2ncc3c(Oc4ccc(S(C)(=O)=O)cc4)ncnc32)CC1. The number of Topliss-reactive ketones (excluding diaryl/α,β-unsaturated/α-hetero) is 1. The number of amides is 1. The fourth-order valence-corrected chi connectivity index (χ4v) is 9.94. The van der Waals surface area contributed by atoms with Gasteiger partial charge in [0.1, 0.15) is 40.7 Å². The molecule has 0 N–H and O–H groups in total. The molecule has 64 heavy (non-hydrogen) atoms. The van der Waals surface area contributed by atoms with Gasteiger partial charge in [-0.15, -0.1) is 0 Å². The molecule has 0 bridgehead atoms. The molecule has 2 fully saturated rings. The van der Waals surface area contributed by atoms with Crippen molar-refractivity contribution < 1.29 is 35.9 Å². The molecule has 2 saturated heterocycles. The molecule has 18 nitrogen and oxygen atoms in total. The number of carbonyl (C=O) groups excluding carboxylic acids is 2. The summed E-state index contributed by atoms with van der Waals surface area (Å²) in [5, 5.41) is 10.6. The first kappa shape index (κ1) is 44.7. The first-order valence-corrected chi connectivity index (χ1v) is 25.2. The van der Waals surface area contributed by atoms with Gasteiger partial charge in [-0.05, 0) is 86.1 Å². The Balaban J connectivity index is 0.758. The van der Waals surface area contributed by atoms with Gasteiger partial charge in [0.05, 0.1) is 34.3 Å². The number of likely N-dealkylation sites (tertiary alicyclic amines) is 2. The lowest BCUT2D eigenvalue weighted by atomic mass is 9.93. The maximum Gasteiger partial charge on any atom is 0.233 e. The fourth-order valence-electron chi connectivity index (χ4n) is 8.68. The summed E-state index contributed by atoms with van der Waals surface area (Å²) in [6.07, 6.45) is 12.8. The molecule has 0 saturated carbocycles. The maximum atomic E-state index is 13.4. The van der Waals surface area contributed by atoms with Crippen LogP contribution in [0.4, 0.5) is 0 Å². The third-order valence-corrected chi connectivity index (χ3v) is 14.2. The van der Waals surface area contributed by atoms with Crippen molar-refractivity contribution in [2.75, 3.05) is 45.2 Å². The minimum Gasteiger partial charge on any atom is -0.438 e. The minimum atomic E-state index is -3.33. The molecule has 8 rings (SSSR count). The second-order valence-corrected chi connectivity index (χ2v) is 21.2. The molecule has 1 amide bonds. The molecule has 338 valence electrons. The number of hydrogen-bond acceptors (Lipinski definition) is 15. The number of rotatable bonds is 16. The number of sulfone groups is 2. The van der Waals surface area contributed by atoms with E-state index >= 15 is 0 Å². The molecule has 2 aliphatic rings. The lowest BCUT2D eigenvalue weighted by Crippen LogP contribution is -2.40. The summed E-state index contributed by atoms with van der Waals surface area (Å²) in [7, 11) is -6.65. The Bertz CT molecular complexity index is 2850. The summed E-state index contributed by atoms with van der Waals surface area (Å²) in [4.78, 5) is 48.8. The predicted octanol–water partition coefficient (Wildman–Crippen LogP) is 5.87. The Hall–Kier alpha value is -5.86. The normalized spacial score (nSPS) is 16.8. The minimum absolute atomic E-state index is 0.0292. The third-order valence-electron chi connectivity index (χ3n) is 12.0. The van der Waals surface area contributed by atoms with Crippen LogP contribution in [-0.2, 0) is 29.3 Å². The summed E-state index contributed by atoms with van der Waals surface area (Å²) in [5.74, 6) is 1.90. The highest BCUT2D eigenvalue weighted by molar-refractivity contribution is 7.91. The monoisotopic (exact) mass is 912 g/mol. The van der Waals surface area contributed by atoms with Gasteiger partial charge >= 0.3 is 0 Å². The maximum absolute atomic E-state index is 13.4. The van der Waals surface area contributed by atoms with Gasteiger partial charge in [-0.1, -0.05) is 13.8 Å². The van der Waals surface area contributed by atoms with Crippen LogP contribution in [0, 0.1) is 11.8 Å². The molecule has 6 aromatic rings. The first-order chi connectivity index (χ1) is 30.6. The highest BCUT2D eigenvalue weighted by Gasteiger charge is 2.29. The van der Waals surface area contributed by atoms with Gasteiger partial charge in [-0.3, -0.25) is 9.59 Å². The lowest BCUT2D eigenvalue weighted by Gasteiger charge is -2.33. The van der Waals surface area contributed by atoms with E-state index in [1.54, 1.807) is 36.7 Å². The number of ether oxygens (including phenoxy) is 2. The van der Waals surface area contributed by atoms with E-state index < -0.39 is 19.7 Å². The highest BCUT2D eigenvalue weighted by Crippen LogP contribution is 2.33. The zero-order valence-corrected chi connectivity index (χ0v) is 37.9. The van der Waals surface area contributed by atoms with Gasteiger partial charge in [-0.2, -0.15) is 10.2 Å². The number of benzene rings is 2. The fraction of sp³-hybridized carbons (Fsp3) is 0.455. The summed E-state index contributed by atoms with van der Waals surface area (Å²) in [6, 6.07) is 12.5. The summed E-state index contributed by atoms with van der Waals surface area (Å²) < 4.78 is 63.1. The number of fused-ring (bicyclic) bond motifs is 2. The molecule has 4 aromatic heterocycles. The Morgan fingerprint density at radius 1 is 0.625 bits per heavy atom. The van der Waals surface area contributed by atoms with Gasteiger partial charge in [0.2, 0.25) is 17.7 Å². The average Bonchev–Trinajstić information content (AvgIpc) is 3.90. The van der Waals surface area contributed by atoms with Crippen molar-refractivity contribution in [2.45, 2.75) is 80.7 Å². The van der Waals surface area contributed by atoms with Gasteiger partial charge in [-0.25, -0.2) is 46.1 Å². The summed E-state index contributed by atoms with van der Waals surface area (Å²) in [5.41, 5.74) is 1.29. The predicted molar refractivity (Wildman–Crippen MR) is 237 cm³/mol. The molecular formula is C44H52N10O8S2. The molecule has 0 spiro atoms. The van der Waals surface area contributed by atoms with Gasteiger partial charge in [0.15, 0.2) is 31.0 Å². The Morgan fingerprint density at radius 2 is 1.06 bits per heavy atom. The van der Waals surface area contributed by atoms with Crippen molar-refractivity contribution in [3.8, 4) is 23.3 Å². The van der Waals surface area contributed by atoms with Gasteiger partial charge < -0.3 is 19.3 Å². The third kappa shape index (κ3) is 10.4. The molecule has 20 heteroatoms. The van der Waals surface area contributed by atoms with Crippen molar-refractivity contribution in [3.05, 3.63) is 73.6 Å². The van der Waals surface area contributed by atoms with Crippen LogP contribution < -0.4 is 9.47 Å². The van der Waals surface area contributed by atoms with Crippen molar-refractivity contribution in [2.24, 2.45) is 11.8 Å². The smallest absolute Gasteiger partial charge is 0.233 e. The number of piperidine rings is 2. The Kier molecular flexibility index (Phi) is 13.1. The van der Waals surface area contributed by atoms with Gasteiger partial charge in [0, 0.05) is 64.5 Å². The average molecular weight is 913 g/mol. The van der Waals surface area contributed by atoms with Crippen LogP contribution in [0.25, 0.3) is 22.1 Å². The van der Waals surface area contributed by atoms with Crippen LogP contribution in [-0.4, -0.2) is 123 Å². The second-order valence-electron chi connectivity index (χ2n) is 17.2. The first-order valence-electron chi connectivity index (χ1n) is 21.4. The summed E-state index contributed by atoms with van der Waals surface area (Å²) in [6.45, 7) is 7.77. The molecule has 0 radical (unpaired) electrons. The molecular weight excluding hydrogens is 861 g/mol. The van der Waals surface area contributed by atoms with Crippen molar-refractivity contribution in [3.63, 3.8) is 0 Å². The molecule has 0 aliphatic carbocycles. The van der Waals surface area contributed by atoms with E-state index in [2.05, 4.69) is 42.0 Å². The van der Waals surface area contributed by atoms with E-state index in [0.29, 0.717) is 90.5 Å². The number of nitrogens with zero attached hydrogens (tertiary/aromatic N) is 10. The lowest BCUT2D eigenvalue weighted by molar-refractivity contribution is -0.133. The zero-order chi connectivity index (χ0) is 45.2. The number of aromatic nitrogens is 8. The van der Waals surface area contributed by atoms with Crippen LogP contribution >= 0.6 is 0 Å². The van der Waals surface area contributed by atoms with Crippen LogP contribution in [0.2, 0.25) is 0 Å². The highest BCUT2D eigenvalue weighted by atomic mass is 32.2. The molecule has 2 aliphatic heterocycles. The second kappa shape index (κ2) is 18.7.